The van der Waals surface area contributed by atoms with Crippen molar-refractivity contribution in [3.8, 4) is 0 Å². The Labute approximate surface area is 66.2 Å². The van der Waals surface area contributed by atoms with Crippen LogP contribution >= 0.6 is 0 Å². The van der Waals surface area contributed by atoms with E-state index >= 15 is 0 Å². The van der Waals surface area contributed by atoms with Crippen LogP contribution in [0.3, 0.4) is 0 Å². The highest BCUT2D eigenvalue weighted by molar-refractivity contribution is 5.73. The van der Waals surface area contributed by atoms with Crippen LogP contribution in [-0.4, -0.2) is 5.16 Å². The van der Waals surface area contributed by atoms with E-state index in [1.54, 1.807) is 0 Å². The first-order chi connectivity index (χ1) is 5.36. The minimum atomic E-state index is 0.954. The second kappa shape index (κ2) is 3.28. The first-order valence-corrected chi connectivity index (χ1v) is 3.90. The zero-order valence-corrected chi connectivity index (χ0v) is 7.14. The Kier molecular flexibility index (Phi) is 2.36. The molecule has 0 amide bonds. The van der Waals surface area contributed by atoms with Crippen LogP contribution in [0.4, 0.5) is 0 Å². The van der Waals surface area contributed by atoms with Gasteiger partial charge in [-0.3, -0.25) is 0 Å². The fourth-order valence-corrected chi connectivity index (χ4v) is 0.862. The average Bonchev–Trinajstić information content (AvgIpc) is 2.01. The second-order valence-electron chi connectivity index (χ2n) is 2.20. The average molecular weight is 151 g/mol. The van der Waals surface area contributed by atoms with Gasteiger partial charge in [-0.25, -0.2) is 5.16 Å². The summed E-state index contributed by atoms with van der Waals surface area (Å²) >= 11 is 0. The number of aromatic amines is 1. The van der Waals surface area contributed by atoms with Crippen LogP contribution in [0.25, 0.3) is 11.1 Å². The summed E-state index contributed by atoms with van der Waals surface area (Å²) in [6.07, 6.45) is 0. The molecule has 11 heavy (non-hydrogen) atoms. The maximum Gasteiger partial charge on any atom is 0.181 e. The molecule has 1 aromatic carbocycles. The Hall–Kier alpha value is -1.18. The van der Waals surface area contributed by atoms with E-state index in [-0.39, 0.29) is 0 Å². The Bertz CT molecular complexity index is 319. The smallest absolute Gasteiger partial charge is 0.181 e. The highest BCUT2D eigenvalue weighted by atomic mass is 16.5. The number of nitrogens with one attached hydrogen (secondary N) is 1. The zero-order chi connectivity index (χ0) is 8.27. The Morgan fingerprint density at radius 2 is 2.00 bits per heavy atom. The maximum absolute atomic E-state index is 4.91. The topological polar surface area (TPSA) is 28.9 Å². The maximum atomic E-state index is 4.91. The minimum Gasteiger partial charge on any atom is -0.380 e. The predicted octanol–water partition coefficient (Wildman–Crippen LogP) is 3.10. The molecule has 2 heteroatoms. The Morgan fingerprint density at radius 3 is 2.36 bits per heavy atom. The zero-order valence-electron chi connectivity index (χ0n) is 7.14. The predicted molar refractivity (Wildman–Crippen MR) is 46.6 cm³/mol. The van der Waals surface area contributed by atoms with Gasteiger partial charge in [0.05, 0.1) is 0 Å². The van der Waals surface area contributed by atoms with Gasteiger partial charge >= 0.3 is 0 Å². The molecule has 1 heterocycles. The summed E-state index contributed by atoms with van der Waals surface area (Å²) in [6, 6.07) is 6.06. The van der Waals surface area contributed by atoms with Crippen molar-refractivity contribution in [2.45, 2.75) is 20.8 Å². The molecule has 0 aliphatic carbocycles. The molecule has 0 spiro atoms. The van der Waals surface area contributed by atoms with Gasteiger partial charge in [0.1, 0.15) is 5.52 Å². The molecular weight excluding hydrogens is 138 g/mol. The van der Waals surface area contributed by atoms with E-state index in [9.17, 15) is 0 Å². The van der Waals surface area contributed by atoms with Crippen molar-refractivity contribution in [1.82, 2.24) is 5.16 Å². The number of H-pyrrole nitrogens is 1. The minimum absolute atomic E-state index is 0.954. The number of aromatic nitrogens is 1. The number of hydrogen-bond acceptors (Lipinski definition) is 1. The lowest BCUT2D eigenvalue weighted by molar-refractivity contribution is 0.424. The van der Waals surface area contributed by atoms with Crippen molar-refractivity contribution in [1.29, 1.82) is 0 Å². The lowest BCUT2D eigenvalue weighted by Gasteiger charge is -1.99. The van der Waals surface area contributed by atoms with Gasteiger partial charge in [0.25, 0.3) is 0 Å². The Balaban J connectivity index is 0.000000281. The fourth-order valence-electron chi connectivity index (χ4n) is 0.862. The lowest BCUT2D eigenvalue weighted by atomic mass is 10.2. The molecule has 2 rings (SSSR count). The van der Waals surface area contributed by atoms with Crippen LogP contribution in [0.1, 0.15) is 19.4 Å². The lowest BCUT2D eigenvalue weighted by Crippen LogP contribution is -1.82. The van der Waals surface area contributed by atoms with Gasteiger partial charge in [-0.1, -0.05) is 19.9 Å². The van der Waals surface area contributed by atoms with Crippen molar-refractivity contribution in [3.63, 3.8) is 0 Å². The van der Waals surface area contributed by atoms with E-state index in [4.69, 9.17) is 4.52 Å². The summed E-state index contributed by atoms with van der Waals surface area (Å²) in [7, 11) is 0. The molecule has 0 fully saturated rings. The molecule has 0 saturated carbocycles. The molecule has 0 unspecified atom stereocenters. The van der Waals surface area contributed by atoms with E-state index in [2.05, 4.69) is 5.16 Å². The first kappa shape index (κ1) is 7.92. The molecule has 0 bridgehead atoms. The summed E-state index contributed by atoms with van der Waals surface area (Å²) in [6.45, 7) is 6.04. The molecule has 0 atom stereocenters. The quantitative estimate of drug-likeness (QED) is 0.615. The monoisotopic (exact) mass is 151 g/mol. The van der Waals surface area contributed by atoms with Crippen LogP contribution in [0, 0.1) is 6.92 Å². The highest BCUT2D eigenvalue weighted by Gasteiger charge is 1.97. The number of aryl methyl sites for hydroxylation is 1. The van der Waals surface area contributed by atoms with Crippen molar-refractivity contribution in [2.75, 3.05) is 0 Å². The molecule has 1 aromatic heterocycles. The van der Waals surface area contributed by atoms with E-state index < -0.39 is 0 Å². The standard InChI is InChI=1S/C7H7NO.C2H6/c1-5-2-3-6-7(4-5)9-8-6;1-2/h2-4,8H,1H3;1-2H3. The second-order valence-corrected chi connectivity index (χ2v) is 2.20. The molecule has 1 N–H and O–H groups in total. The molecule has 2 aromatic rings. The van der Waals surface area contributed by atoms with E-state index in [0.717, 1.165) is 11.1 Å². The largest absolute Gasteiger partial charge is 0.380 e. The normalized spacial score (nSPS) is 9.36. The third-order valence-corrected chi connectivity index (χ3v) is 1.41. The Morgan fingerprint density at radius 1 is 1.27 bits per heavy atom. The van der Waals surface area contributed by atoms with Crippen LogP contribution in [-0.2, 0) is 0 Å². The number of hydrogen-bond donors (Lipinski definition) is 1. The van der Waals surface area contributed by atoms with Crippen molar-refractivity contribution >= 4 is 11.1 Å². The highest BCUT2D eigenvalue weighted by Crippen LogP contribution is 2.14. The summed E-state index contributed by atoms with van der Waals surface area (Å²) in [5.41, 5.74) is 3.27. The van der Waals surface area contributed by atoms with E-state index in [1.165, 1.54) is 5.56 Å². The van der Waals surface area contributed by atoms with E-state index in [0.29, 0.717) is 0 Å². The molecule has 2 nitrogen and oxygen atoms in total. The van der Waals surface area contributed by atoms with Crippen molar-refractivity contribution in [3.05, 3.63) is 23.8 Å². The van der Waals surface area contributed by atoms with Crippen LogP contribution < -0.4 is 0 Å². The third-order valence-electron chi connectivity index (χ3n) is 1.41. The number of rotatable bonds is 0. The summed E-state index contributed by atoms with van der Waals surface area (Å²) in [5.74, 6) is 0. The van der Waals surface area contributed by atoms with Gasteiger partial charge in [-0.05, 0) is 24.6 Å². The van der Waals surface area contributed by atoms with Crippen LogP contribution in [0.2, 0.25) is 0 Å². The third kappa shape index (κ3) is 1.45. The van der Waals surface area contributed by atoms with Gasteiger partial charge in [0.2, 0.25) is 0 Å². The van der Waals surface area contributed by atoms with E-state index in [1.807, 2.05) is 39.0 Å². The fraction of sp³-hybridized carbons (Fsp3) is 0.333. The van der Waals surface area contributed by atoms with Crippen molar-refractivity contribution < 1.29 is 4.52 Å². The molecule has 0 saturated heterocycles. The summed E-state index contributed by atoms with van der Waals surface area (Å²) < 4.78 is 4.91. The molecule has 60 valence electrons. The van der Waals surface area contributed by atoms with Crippen LogP contribution in [0.15, 0.2) is 22.7 Å². The first-order valence-electron chi connectivity index (χ1n) is 3.90. The molecule has 0 aliphatic heterocycles. The van der Waals surface area contributed by atoms with Gasteiger partial charge in [-0.2, -0.15) is 0 Å². The summed E-state index contributed by atoms with van der Waals surface area (Å²) in [5, 5.41) is 2.72. The van der Waals surface area contributed by atoms with Gasteiger partial charge in [0, 0.05) is 0 Å². The van der Waals surface area contributed by atoms with Gasteiger partial charge < -0.3 is 4.52 Å². The molecular formula is C9H13NO. The molecule has 0 aliphatic rings. The van der Waals surface area contributed by atoms with Crippen LogP contribution in [0.5, 0.6) is 0 Å². The van der Waals surface area contributed by atoms with Gasteiger partial charge in [0.15, 0.2) is 5.58 Å². The van der Waals surface area contributed by atoms with Crippen molar-refractivity contribution in [2.24, 2.45) is 0 Å². The number of fused-ring (bicyclic) bond motifs is 1. The summed E-state index contributed by atoms with van der Waals surface area (Å²) in [4.78, 5) is 0. The number of benzene rings is 1. The van der Waals surface area contributed by atoms with Gasteiger partial charge in [-0.15, -0.1) is 0 Å². The SMILES string of the molecule is CC.Cc1ccc2[nH]oc2c1. The molecule has 0 radical (unpaired) electrons.